The van der Waals surface area contributed by atoms with Gasteiger partial charge < -0.3 is 20.1 Å². The summed E-state index contributed by atoms with van der Waals surface area (Å²) < 4.78 is 33.7. The quantitative estimate of drug-likeness (QED) is 0.680. The standard InChI is InChI=1S/C19H32F2O4/c1-16(2,3)19(20,21)8-14(22)9-25-11-17-5-12-4-13(7-17)15(23)18(24,6-12)10-17/h12-15,22-24H,4-11H2,1-3H3. The van der Waals surface area contributed by atoms with Crippen LogP contribution in [0, 0.1) is 22.7 Å². The van der Waals surface area contributed by atoms with Crippen molar-refractivity contribution < 1.29 is 28.8 Å². The number of hydrogen-bond donors (Lipinski definition) is 3. The highest BCUT2D eigenvalue weighted by Gasteiger charge is 2.61. The Bertz CT molecular complexity index is 506. The molecule has 4 aliphatic carbocycles. The van der Waals surface area contributed by atoms with Crippen molar-refractivity contribution in [3.05, 3.63) is 0 Å². The molecule has 0 amide bonds. The monoisotopic (exact) mass is 362 g/mol. The first-order valence-corrected chi connectivity index (χ1v) is 9.40. The molecular formula is C19H32F2O4. The lowest BCUT2D eigenvalue weighted by Gasteiger charge is -2.62. The molecule has 4 fully saturated rings. The number of halogens is 2. The zero-order chi connectivity index (χ0) is 18.7. The van der Waals surface area contributed by atoms with Gasteiger partial charge in [0.2, 0.25) is 0 Å². The minimum atomic E-state index is -2.96. The van der Waals surface area contributed by atoms with Crippen LogP contribution in [0.3, 0.4) is 0 Å². The van der Waals surface area contributed by atoms with Gasteiger partial charge in [-0.15, -0.1) is 0 Å². The largest absolute Gasteiger partial charge is 0.390 e. The SMILES string of the molecule is CC(C)(C)C(F)(F)CC(O)COCC12CC3CC(C1)C(O)C(O)(C3)C2. The molecule has 0 radical (unpaired) electrons. The Balaban J connectivity index is 1.53. The Morgan fingerprint density at radius 2 is 1.88 bits per heavy atom. The smallest absolute Gasteiger partial charge is 0.255 e. The molecule has 4 saturated carbocycles. The Morgan fingerprint density at radius 1 is 1.20 bits per heavy atom. The van der Waals surface area contributed by atoms with Crippen molar-refractivity contribution in [2.45, 2.75) is 83.0 Å². The van der Waals surface area contributed by atoms with Gasteiger partial charge in [0.05, 0.1) is 31.0 Å². The van der Waals surface area contributed by atoms with E-state index in [2.05, 4.69) is 0 Å². The van der Waals surface area contributed by atoms with Crippen LogP contribution in [-0.2, 0) is 4.74 Å². The van der Waals surface area contributed by atoms with Crippen molar-refractivity contribution in [1.29, 1.82) is 0 Å². The number of hydrogen-bond acceptors (Lipinski definition) is 4. The van der Waals surface area contributed by atoms with Gasteiger partial charge in [0.1, 0.15) is 0 Å². The summed E-state index contributed by atoms with van der Waals surface area (Å²) in [6.07, 6.45) is 1.37. The highest BCUT2D eigenvalue weighted by Crippen LogP contribution is 2.61. The van der Waals surface area contributed by atoms with Gasteiger partial charge in [-0.1, -0.05) is 20.8 Å². The molecule has 0 aromatic heterocycles. The Hall–Kier alpha value is -0.300. The predicted molar refractivity (Wildman–Crippen MR) is 89.3 cm³/mol. The van der Waals surface area contributed by atoms with Gasteiger partial charge >= 0.3 is 0 Å². The molecule has 6 atom stereocenters. The van der Waals surface area contributed by atoms with Crippen LogP contribution in [-0.4, -0.2) is 52.3 Å². The van der Waals surface area contributed by atoms with Crippen LogP contribution in [0.15, 0.2) is 0 Å². The van der Waals surface area contributed by atoms with Crippen LogP contribution in [0.5, 0.6) is 0 Å². The second-order valence-electron chi connectivity index (χ2n) is 10.0. The van der Waals surface area contributed by atoms with Gasteiger partial charge in [0.15, 0.2) is 0 Å². The molecule has 25 heavy (non-hydrogen) atoms. The molecular weight excluding hydrogens is 330 g/mol. The van der Waals surface area contributed by atoms with E-state index in [0.29, 0.717) is 25.4 Å². The normalized spacial score (nSPS) is 42.0. The van der Waals surface area contributed by atoms with E-state index in [1.807, 2.05) is 0 Å². The Morgan fingerprint density at radius 3 is 2.48 bits per heavy atom. The summed E-state index contributed by atoms with van der Waals surface area (Å²) in [6, 6.07) is 0. The first-order valence-electron chi connectivity index (χ1n) is 9.40. The molecule has 0 aromatic carbocycles. The zero-order valence-corrected chi connectivity index (χ0v) is 15.5. The molecule has 0 spiro atoms. The number of alkyl halides is 2. The molecule has 3 N–H and O–H groups in total. The van der Waals surface area contributed by atoms with Gasteiger partial charge in [-0.25, -0.2) is 8.78 Å². The van der Waals surface area contributed by atoms with Gasteiger partial charge in [-0.05, 0) is 49.4 Å². The van der Waals surface area contributed by atoms with Gasteiger partial charge in [0, 0.05) is 11.8 Å². The molecule has 0 saturated heterocycles. The molecule has 146 valence electrons. The van der Waals surface area contributed by atoms with Crippen LogP contribution in [0.4, 0.5) is 8.78 Å². The lowest BCUT2D eigenvalue weighted by atomic mass is 9.47. The van der Waals surface area contributed by atoms with E-state index in [-0.39, 0.29) is 17.9 Å². The third kappa shape index (κ3) is 3.60. The fourth-order valence-electron chi connectivity index (χ4n) is 5.51. The third-order valence-corrected chi connectivity index (χ3v) is 6.68. The number of aliphatic hydroxyl groups is 3. The van der Waals surface area contributed by atoms with E-state index in [1.54, 1.807) is 0 Å². The second-order valence-corrected chi connectivity index (χ2v) is 10.0. The lowest BCUT2D eigenvalue weighted by molar-refractivity contribution is -0.241. The average Bonchev–Trinajstić information content (AvgIpc) is 2.41. The maximum atomic E-state index is 14.0. The van der Waals surface area contributed by atoms with Crippen molar-refractivity contribution in [3.8, 4) is 0 Å². The first-order chi connectivity index (χ1) is 11.4. The molecule has 4 aliphatic rings. The van der Waals surface area contributed by atoms with Crippen molar-refractivity contribution in [3.63, 3.8) is 0 Å². The third-order valence-electron chi connectivity index (χ3n) is 6.68. The van der Waals surface area contributed by atoms with E-state index in [1.165, 1.54) is 20.8 Å². The number of rotatable bonds is 6. The summed E-state index contributed by atoms with van der Waals surface area (Å²) in [4.78, 5) is 0. The molecule has 6 heteroatoms. The highest BCUT2D eigenvalue weighted by atomic mass is 19.3. The highest BCUT2D eigenvalue weighted by molar-refractivity contribution is 5.12. The zero-order valence-electron chi connectivity index (χ0n) is 15.5. The molecule has 4 bridgehead atoms. The molecule has 4 nitrogen and oxygen atoms in total. The summed E-state index contributed by atoms with van der Waals surface area (Å²) in [5.74, 6) is -2.46. The molecule has 6 unspecified atom stereocenters. The average molecular weight is 362 g/mol. The van der Waals surface area contributed by atoms with Crippen LogP contribution in [0.2, 0.25) is 0 Å². The lowest BCUT2D eigenvalue weighted by Crippen LogP contribution is -2.64. The summed E-state index contributed by atoms with van der Waals surface area (Å²) in [7, 11) is 0. The fraction of sp³-hybridized carbons (Fsp3) is 1.00. The van der Waals surface area contributed by atoms with Gasteiger partial charge in [-0.2, -0.15) is 0 Å². The van der Waals surface area contributed by atoms with Crippen LogP contribution in [0.25, 0.3) is 0 Å². The first kappa shape index (κ1) is 19.5. The van der Waals surface area contributed by atoms with Crippen LogP contribution < -0.4 is 0 Å². The van der Waals surface area contributed by atoms with Crippen LogP contribution >= 0.6 is 0 Å². The maximum absolute atomic E-state index is 14.0. The summed E-state index contributed by atoms with van der Waals surface area (Å²) >= 11 is 0. The van der Waals surface area contributed by atoms with E-state index >= 15 is 0 Å². The summed E-state index contributed by atoms with van der Waals surface area (Å²) in [5, 5.41) is 31.0. The van der Waals surface area contributed by atoms with Crippen molar-refractivity contribution >= 4 is 0 Å². The van der Waals surface area contributed by atoms with E-state index in [9.17, 15) is 24.1 Å². The van der Waals surface area contributed by atoms with E-state index < -0.39 is 35.6 Å². The fourth-order valence-corrected chi connectivity index (χ4v) is 5.51. The number of ether oxygens (including phenoxy) is 1. The molecule has 0 heterocycles. The Kier molecular flexibility index (Phi) is 4.76. The van der Waals surface area contributed by atoms with Gasteiger partial charge in [-0.3, -0.25) is 0 Å². The van der Waals surface area contributed by atoms with Crippen molar-refractivity contribution in [2.75, 3.05) is 13.2 Å². The molecule has 0 aliphatic heterocycles. The second kappa shape index (κ2) is 6.11. The van der Waals surface area contributed by atoms with E-state index in [4.69, 9.17) is 4.74 Å². The number of aliphatic hydroxyl groups excluding tert-OH is 2. The minimum Gasteiger partial charge on any atom is -0.390 e. The maximum Gasteiger partial charge on any atom is 0.255 e. The van der Waals surface area contributed by atoms with Crippen molar-refractivity contribution in [2.24, 2.45) is 22.7 Å². The Labute approximate surface area is 148 Å². The summed E-state index contributed by atoms with van der Waals surface area (Å²) in [5.41, 5.74) is -2.41. The van der Waals surface area contributed by atoms with Crippen molar-refractivity contribution in [1.82, 2.24) is 0 Å². The molecule has 4 rings (SSSR count). The minimum absolute atomic E-state index is 0.102. The predicted octanol–water partition coefficient (Wildman–Crippen LogP) is 2.74. The topological polar surface area (TPSA) is 69.9 Å². The van der Waals surface area contributed by atoms with Crippen LogP contribution in [0.1, 0.15) is 59.3 Å². The summed E-state index contributed by atoms with van der Waals surface area (Å²) in [6.45, 7) is 4.61. The molecule has 0 aromatic rings. The van der Waals surface area contributed by atoms with E-state index in [0.717, 1.165) is 19.3 Å². The van der Waals surface area contributed by atoms with Gasteiger partial charge in [0.25, 0.3) is 5.92 Å².